The first-order valence-corrected chi connectivity index (χ1v) is 8.42. The molecule has 1 aromatic carbocycles. The second-order valence-corrected chi connectivity index (χ2v) is 6.18. The molecule has 2 rings (SSSR count). The van der Waals surface area contributed by atoms with E-state index in [4.69, 9.17) is 21.1 Å². The summed E-state index contributed by atoms with van der Waals surface area (Å²) >= 11 is 6.21. The maximum Gasteiger partial charge on any atom is 0.161 e. The van der Waals surface area contributed by atoms with Crippen molar-refractivity contribution in [2.24, 2.45) is 5.92 Å². The molecule has 1 aromatic rings. The Morgan fingerprint density at radius 3 is 2.67 bits per heavy atom. The predicted octanol–water partition coefficient (Wildman–Crippen LogP) is 3.85. The molecule has 0 radical (unpaired) electrons. The Morgan fingerprint density at radius 1 is 1.19 bits per heavy atom. The van der Waals surface area contributed by atoms with E-state index in [-0.39, 0.29) is 0 Å². The van der Waals surface area contributed by atoms with Crippen molar-refractivity contribution >= 4 is 11.6 Å². The molecule has 1 fully saturated rings. The minimum Gasteiger partial charge on any atom is -0.490 e. The molecule has 0 spiro atoms. The lowest BCUT2D eigenvalue weighted by molar-refractivity contribution is 0.269. The summed E-state index contributed by atoms with van der Waals surface area (Å²) in [7, 11) is 0. The molecule has 2 unspecified atom stereocenters. The van der Waals surface area contributed by atoms with E-state index in [1.807, 2.05) is 31.2 Å². The SMILES string of the molecule is CCOc1ccccc1OCCNCC1CCCC(Cl)C1. The van der Waals surface area contributed by atoms with Gasteiger partial charge in [-0.3, -0.25) is 0 Å². The number of nitrogens with one attached hydrogen (secondary N) is 1. The summed E-state index contributed by atoms with van der Waals surface area (Å²) in [5.74, 6) is 2.36. The van der Waals surface area contributed by atoms with E-state index in [1.54, 1.807) is 0 Å². The van der Waals surface area contributed by atoms with Crippen LogP contribution in [0.3, 0.4) is 0 Å². The standard InChI is InChI=1S/C17H26ClNO2/c1-2-20-16-8-3-4-9-17(16)21-11-10-19-13-14-6-5-7-15(18)12-14/h3-4,8-9,14-15,19H,2,5-7,10-13H2,1H3. The number of benzene rings is 1. The smallest absolute Gasteiger partial charge is 0.161 e. The summed E-state index contributed by atoms with van der Waals surface area (Å²) < 4.78 is 11.3. The molecule has 0 saturated heterocycles. The fourth-order valence-corrected chi connectivity index (χ4v) is 3.20. The fourth-order valence-electron chi connectivity index (χ4n) is 2.79. The second kappa shape index (κ2) is 9.16. The zero-order valence-corrected chi connectivity index (χ0v) is 13.6. The third kappa shape index (κ3) is 5.76. The van der Waals surface area contributed by atoms with Gasteiger partial charge >= 0.3 is 0 Å². The highest BCUT2D eigenvalue weighted by molar-refractivity contribution is 6.20. The molecular formula is C17H26ClNO2. The van der Waals surface area contributed by atoms with Crippen LogP contribution in [0, 0.1) is 5.92 Å². The molecule has 4 heteroatoms. The lowest BCUT2D eigenvalue weighted by Crippen LogP contribution is -2.30. The van der Waals surface area contributed by atoms with Crippen LogP contribution in [0.1, 0.15) is 32.6 Å². The van der Waals surface area contributed by atoms with Gasteiger partial charge in [0.15, 0.2) is 11.5 Å². The quantitative estimate of drug-likeness (QED) is 0.584. The second-order valence-electron chi connectivity index (χ2n) is 5.56. The first-order chi connectivity index (χ1) is 10.3. The molecule has 1 N–H and O–H groups in total. The molecule has 1 saturated carbocycles. The highest BCUT2D eigenvalue weighted by Gasteiger charge is 2.19. The van der Waals surface area contributed by atoms with Crippen molar-refractivity contribution in [3.63, 3.8) is 0 Å². The number of alkyl halides is 1. The average Bonchev–Trinajstić information content (AvgIpc) is 2.49. The van der Waals surface area contributed by atoms with Gasteiger partial charge in [0.05, 0.1) is 6.61 Å². The maximum atomic E-state index is 6.21. The van der Waals surface area contributed by atoms with Crippen LogP contribution in [0.4, 0.5) is 0 Å². The van der Waals surface area contributed by atoms with E-state index in [1.165, 1.54) is 19.3 Å². The van der Waals surface area contributed by atoms with E-state index < -0.39 is 0 Å². The van der Waals surface area contributed by atoms with E-state index in [0.717, 1.165) is 36.9 Å². The highest BCUT2D eigenvalue weighted by Crippen LogP contribution is 2.27. The lowest BCUT2D eigenvalue weighted by atomic mass is 9.89. The Labute approximate surface area is 133 Å². The molecule has 0 bridgehead atoms. The van der Waals surface area contributed by atoms with Crippen LogP contribution in [0.2, 0.25) is 0 Å². The molecule has 0 aliphatic heterocycles. The van der Waals surface area contributed by atoms with E-state index in [2.05, 4.69) is 5.32 Å². The van der Waals surface area contributed by atoms with Gasteiger partial charge < -0.3 is 14.8 Å². The van der Waals surface area contributed by atoms with Crippen LogP contribution in [0.25, 0.3) is 0 Å². The highest BCUT2D eigenvalue weighted by atomic mass is 35.5. The van der Waals surface area contributed by atoms with Gasteiger partial charge in [-0.15, -0.1) is 11.6 Å². The Morgan fingerprint density at radius 2 is 1.95 bits per heavy atom. The Bertz CT molecular complexity index is 414. The number of hydrogen-bond acceptors (Lipinski definition) is 3. The van der Waals surface area contributed by atoms with Crippen LogP contribution < -0.4 is 14.8 Å². The first kappa shape index (κ1) is 16.4. The lowest BCUT2D eigenvalue weighted by Gasteiger charge is -2.25. The number of ether oxygens (including phenoxy) is 2. The minimum atomic E-state index is 0.375. The van der Waals surface area contributed by atoms with Crippen LogP contribution in [-0.4, -0.2) is 31.7 Å². The van der Waals surface area contributed by atoms with Crippen molar-refractivity contribution < 1.29 is 9.47 Å². The molecule has 0 amide bonds. The molecule has 1 aliphatic rings. The third-order valence-electron chi connectivity index (χ3n) is 3.84. The number of para-hydroxylation sites is 2. The molecular weight excluding hydrogens is 286 g/mol. The van der Waals surface area contributed by atoms with Crippen LogP contribution in [-0.2, 0) is 0 Å². The van der Waals surface area contributed by atoms with Gasteiger partial charge in [0.25, 0.3) is 0 Å². The van der Waals surface area contributed by atoms with Crippen molar-refractivity contribution in [3.8, 4) is 11.5 Å². The van der Waals surface area contributed by atoms with E-state index >= 15 is 0 Å². The molecule has 2 atom stereocenters. The van der Waals surface area contributed by atoms with Crippen molar-refractivity contribution in [3.05, 3.63) is 24.3 Å². The molecule has 3 nitrogen and oxygen atoms in total. The molecule has 0 heterocycles. The van der Waals surface area contributed by atoms with Gasteiger partial charge in [-0.25, -0.2) is 0 Å². The van der Waals surface area contributed by atoms with Gasteiger partial charge in [-0.05, 0) is 50.8 Å². The minimum absolute atomic E-state index is 0.375. The third-order valence-corrected chi connectivity index (χ3v) is 4.23. The summed E-state index contributed by atoms with van der Waals surface area (Å²) in [6, 6.07) is 7.81. The first-order valence-electron chi connectivity index (χ1n) is 7.99. The molecule has 21 heavy (non-hydrogen) atoms. The molecule has 0 aromatic heterocycles. The largest absolute Gasteiger partial charge is 0.490 e. The number of rotatable bonds is 8. The number of halogens is 1. The van der Waals surface area contributed by atoms with Gasteiger partial charge in [0, 0.05) is 11.9 Å². The van der Waals surface area contributed by atoms with Crippen LogP contribution in [0.15, 0.2) is 24.3 Å². The predicted molar refractivity (Wildman–Crippen MR) is 87.6 cm³/mol. The Hall–Kier alpha value is -0.930. The molecule has 118 valence electrons. The average molecular weight is 312 g/mol. The Kier molecular flexibility index (Phi) is 7.17. The summed E-state index contributed by atoms with van der Waals surface area (Å²) in [6.45, 7) is 5.18. The zero-order chi connectivity index (χ0) is 14.9. The van der Waals surface area contributed by atoms with Crippen molar-refractivity contribution in [2.75, 3.05) is 26.3 Å². The van der Waals surface area contributed by atoms with E-state index in [9.17, 15) is 0 Å². The maximum absolute atomic E-state index is 6.21. The monoisotopic (exact) mass is 311 g/mol. The molecule has 1 aliphatic carbocycles. The van der Waals surface area contributed by atoms with Crippen LogP contribution >= 0.6 is 11.6 Å². The zero-order valence-electron chi connectivity index (χ0n) is 12.8. The summed E-state index contributed by atoms with van der Waals surface area (Å²) in [6.07, 6.45) is 4.88. The van der Waals surface area contributed by atoms with Gasteiger partial charge in [-0.2, -0.15) is 0 Å². The summed E-state index contributed by atoms with van der Waals surface area (Å²) in [4.78, 5) is 0. The topological polar surface area (TPSA) is 30.5 Å². The Balaban J connectivity index is 1.63. The normalized spacial score (nSPS) is 22.0. The van der Waals surface area contributed by atoms with Crippen molar-refractivity contribution in [2.45, 2.75) is 38.0 Å². The van der Waals surface area contributed by atoms with Gasteiger partial charge in [0.1, 0.15) is 6.61 Å². The summed E-state index contributed by atoms with van der Waals surface area (Å²) in [5.41, 5.74) is 0. The van der Waals surface area contributed by atoms with Crippen LogP contribution in [0.5, 0.6) is 11.5 Å². The van der Waals surface area contributed by atoms with Gasteiger partial charge in [-0.1, -0.05) is 18.6 Å². The van der Waals surface area contributed by atoms with Gasteiger partial charge in [0.2, 0.25) is 0 Å². The summed E-state index contributed by atoms with van der Waals surface area (Å²) in [5, 5.41) is 3.85. The van der Waals surface area contributed by atoms with Crippen molar-refractivity contribution in [1.82, 2.24) is 5.32 Å². The van der Waals surface area contributed by atoms with Crippen molar-refractivity contribution in [1.29, 1.82) is 0 Å². The fraction of sp³-hybridized carbons (Fsp3) is 0.647. The number of hydrogen-bond donors (Lipinski definition) is 1. The van der Waals surface area contributed by atoms with E-state index in [0.29, 0.717) is 18.6 Å².